The lowest BCUT2D eigenvalue weighted by atomic mass is 10.1. The monoisotopic (exact) mass is 362 g/mol. The highest BCUT2D eigenvalue weighted by Crippen LogP contribution is 2.28. The van der Waals surface area contributed by atoms with E-state index in [0.29, 0.717) is 25.2 Å². The second kappa shape index (κ2) is 5.94. The Balaban J connectivity index is 1.64. The number of carbonyl (C=O) groups excluding carboxylic acids is 1. The first kappa shape index (κ1) is 16.2. The largest absolute Gasteiger partial charge is 0.457 e. The molecule has 4 rings (SSSR count). The number of imidazole rings is 1. The molecule has 1 atom stereocenters. The highest BCUT2D eigenvalue weighted by Gasteiger charge is 2.35. The number of hydrogen-bond acceptors (Lipinski definition) is 6. The summed E-state index contributed by atoms with van der Waals surface area (Å²) in [6, 6.07) is 4.46. The van der Waals surface area contributed by atoms with Gasteiger partial charge in [-0.2, -0.15) is 4.31 Å². The quantitative estimate of drug-likeness (QED) is 0.810. The van der Waals surface area contributed by atoms with Gasteiger partial charge in [0.1, 0.15) is 12.4 Å². The molecule has 1 saturated heterocycles. The predicted molar refractivity (Wildman–Crippen MR) is 88.3 cm³/mol. The van der Waals surface area contributed by atoms with Crippen molar-refractivity contribution in [2.75, 3.05) is 26.7 Å². The fraction of sp³-hybridized carbons (Fsp3) is 0.375. The van der Waals surface area contributed by atoms with Crippen LogP contribution in [-0.4, -0.2) is 60.2 Å². The SMILES string of the molecule is CN1CCN(S(=O)(=O)c2ccc3c(c2)C(=O)OC3)CC1c1ncc[nH]1. The van der Waals surface area contributed by atoms with E-state index in [1.165, 1.54) is 16.4 Å². The third-order valence-corrected chi connectivity index (χ3v) is 6.60. The molecular formula is C16H18N4O4S. The molecule has 25 heavy (non-hydrogen) atoms. The average molecular weight is 362 g/mol. The van der Waals surface area contributed by atoms with Crippen LogP contribution in [0.2, 0.25) is 0 Å². The average Bonchev–Trinajstić information content (AvgIpc) is 3.25. The molecule has 0 amide bonds. The molecule has 0 saturated carbocycles. The van der Waals surface area contributed by atoms with Crippen LogP contribution in [0.4, 0.5) is 0 Å². The molecule has 0 radical (unpaired) electrons. The van der Waals surface area contributed by atoms with Gasteiger partial charge >= 0.3 is 5.97 Å². The van der Waals surface area contributed by atoms with Crippen LogP contribution >= 0.6 is 0 Å². The van der Waals surface area contributed by atoms with E-state index >= 15 is 0 Å². The normalized spacial score (nSPS) is 22.0. The van der Waals surface area contributed by atoms with E-state index in [0.717, 1.165) is 11.4 Å². The maximum absolute atomic E-state index is 13.0. The number of cyclic esters (lactones) is 1. The van der Waals surface area contributed by atoms with Gasteiger partial charge in [-0.15, -0.1) is 0 Å². The molecule has 1 aromatic carbocycles. The van der Waals surface area contributed by atoms with Gasteiger partial charge in [0.15, 0.2) is 0 Å². The molecule has 8 nitrogen and oxygen atoms in total. The molecule has 3 heterocycles. The Morgan fingerprint density at radius 1 is 1.32 bits per heavy atom. The van der Waals surface area contributed by atoms with Crippen LogP contribution in [0.15, 0.2) is 35.5 Å². The molecule has 0 spiro atoms. The molecule has 9 heteroatoms. The zero-order valence-corrected chi connectivity index (χ0v) is 14.5. The summed E-state index contributed by atoms with van der Waals surface area (Å²) in [4.78, 5) is 21.2. The number of rotatable bonds is 3. The van der Waals surface area contributed by atoms with Crippen molar-refractivity contribution in [2.45, 2.75) is 17.5 Å². The fourth-order valence-electron chi connectivity index (χ4n) is 3.22. The second-order valence-corrected chi connectivity index (χ2v) is 8.17. The zero-order valence-electron chi connectivity index (χ0n) is 13.7. The van der Waals surface area contributed by atoms with Gasteiger partial charge in [-0.25, -0.2) is 18.2 Å². The van der Waals surface area contributed by atoms with E-state index in [1.807, 2.05) is 7.05 Å². The number of H-pyrrole nitrogens is 1. The Morgan fingerprint density at radius 2 is 2.16 bits per heavy atom. The first-order valence-electron chi connectivity index (χ1n) is 7.96. The zero-order chi connectivity index (χ0) is 17.6. The smallest absolute Gasteiger partial charge is 0.338 e. The van der Waals surface area contributed by atoms with Crippen molar-refractivity contribution < 1.29 is 17.9 Å². The van der Waals surface area contributed by atoms with Crippen LogP contribution in [0.1, 0.15) is 27.8 Å². The minimum absolute atomic E-state index is 0.118. The van der Waals surface area contributed by atoms with Gasteiger partial charge in [0, 0.05) is 37.6 Å². The van der Waals surface area contributed by atoms with Gasteiger partial charge in [0.25, 0.3) is 0 Å². The van der Waals surface area contributed by atoms with Gasteiger partial charge in [-0.05, 0) is 19.2 Å². The van der Waals surface area contributed by atoms with Gasteiger partial charge in [-0.1, -0.05) is 6.07 Å². The molecule has 132 valence electrons. The summed E-state index contributed by atoms with van der Waals surface area (Å²) in [5.41, 5.74) is 1.05. The maximum Gasteiger partial charge on any atom is 0.338 e. The first-order valence-corrected chi connectivity index (χ1v) is 9.40. The van der Waals surface area contributed by atoms with Crippen LogP contribution in [0.5, 0.6) is 0 Å². The van der Waals surface area contributed by atoms with Crippen molar-refractivity contribution in [2.24, 2.45) is 0 Å². The van der Waals surface area contributed by atoms with E-state index in [4.69, 9.17) is 4.74 Å². The number of ether oxygens (including phenoxy) is 1. The lowest BCUT2D eigenvalue weighted by Gasteiger charge is -2.37. The highest BCUT2D eigenvalue weighted by molar-refractivity contribution is 7.89. The molecule has 2 aliphatic rings. The van der Waals surface area contributed by atoms with Crippen LogP contribution < -0.4 is 0 Å². The standard InChI is InChI=1S/C16H18N4O4S/c1-19-6-7-20(9-14(19)15-17-4-5-18-15)25(22,23)12-3-2-11-10-24-16(21)13(11)8-12/h2-5,8,14H,6-7,9-10H2,1H3,(H,17,18). The van der Waals surface area contributed by atoms with Gasteiger partial charge in [-0.3, -0.25) is 4.90 Å². The second-order valence-electron chi connectivity index (χ2n) is 6.23. The highest BCUT2D eigenvalue weighted by atomic mass is 32.2. The lowest BCUT2D eigenvalue weighted by Crippen LogP contribution is -2.49. The Bertz CT molecular complexity index is 910. The molecule has 1 unspecified atom stereocenters. The number of likely N-dealkylation sites (N-methyl/N-ethyl adjacent to an activating group) is 1. The number of aromatic amines is 1. The molecule has 1 fully saturated rings. The number of fused-ring (bicyclic) bond motifs is 1. The number of nitrogens with one attached hydrogen (secondary N) is 1. The molecule has 1 N–H and O–H groups in total. The molecular weight excluding hydrogens is 344 g/mol. The van der Waals surface area contributed by atoms with E-state index < -0.39 is 16.0 Å². The topological polar surface area (TPSA) is 95.6 Å². The van der Waals surface area contributed by atoms with Crippen molar-refractivity contribution in [3.63, 3.8) is 0 Å². The summed E-state index contributed by atoms with van der Waals surface area (Å²) in [5.74, 6) is 0.263. The summed E-state index contributed by atoms with van der Waals surface area (Å²) >= 11 is 0. The molecule has 2 aromatic rings. The van der Waals surface area contributed by atoms with Crippen LogP contribution in [0.3, 0.4) is 0 Å². The summed E-state index contributed by atoms with van der Waals surface area (Å²) in [6.45, 7) is 1.48. The van der Waals surface area contributed by atoms with Crippen LogP contribution in [0.25, 0.3) is 0 Å². The summed E-state index contributed by atoms with van der Waals surface area (Å²) in [6.07, 6.45) is 3.38. The third kappa shape index (κ3) is 2.74. The molecule has 0 aliphatic carbocycles. The Hall–Kier alpha value is -2.23. The van der Waals surface area contributed by atoms with Crippen molar-refractivity contribution >= 4 is 16.0 Å². The number of sulfonamides is 1. The van der Waals surface area contributed by atoms with E-state index in [9.17, 15) is 13.2 Å². The van der Waals surface area contributed by atoms with Gasteiger partial charge in [0.05, 0.1) is 16.5 Å². The number of hydrogen-bond donors (Lipinski definition) is 1. The fourth-order valence-corrected chi connectivity index (χ4v) is 4.69. The van der Waals surface area contributed by atoms with Crippen molar-refractivity contribution in [1.82, 2.24) is 19.2 Å². The van der Waals surface area contributed by atoms with E-state index in [1.54, 1.807) is 18.5 Å². The van der Waals surface area contributed by atoms with E-state index in [2.05, 4.69) is 14.9 Å². The summed E-state index contributed by atoms with van der Waals surface area (Å²) < 4.78 is 32.5. The minimum Gasteiger partial charge on any atom is -0.457 e. The van der Waals surface area contributed by atoms with Crippen molar-refractivity contribution in [3.05, 3.63) is 47.5 Å². The number of piperazine rings is 1. The number of aromatic nitrogens is 2. The number of carbonyl (C=O) groups is 1. The number of esters is 1. The minimum atomic E-state index is -3.70. The predicted octanol–water partition coefficient (Wildman–Crippen LogP) is 0.757. The molecule has 1 aromatic heterocycles. The Labute approximate surface area is 145 Å². The number of nitrogens with zero attached hydrogens (tertiary/aromatic N) is 3. The van der Waals surface area contributed by atoms with Crippen molar-refractivity contribution in [1.29, 1.82) is 0 Å². The van der Waals surface area contributed by atoms with E-state index in [-0.39, 0.29) is 17.5 Å². The molecule has 0 bridgehead atoms. The first-order chi connectivity index (χ1) is 12.0. The van der Waals surface area contributed by atoms with Crippen LogP contribution in [0, 0.1) is 0 Å². The maximum atomic E-state index is 13.0. The number of benzene rings is 1. The lowest BCUT2D eigenvalue weighted by molar-refractivity contribution is 0.0535. The van der Waals surface area contributed by atoms with Gasteiger partial charge < -0.3 is 9.72 Å². The summed E-state index contributed by atoms with van der Waals surface area (Å²) in [5, 5.41) is 0. The Morgan fingerprint density at radius 3 is 2.92 bits per heavy atom. The van der Waals surface area contributed by atoms with Crippen LogP contribution in [-0.2, 0) is 21.4 Å². The summed E-state index contributed by atoms with van der Waals surface area (Å²) in [7, 11) is -1.75. The molecule has 2 aliphatic heterocycles. The van der Waals surface area contributed by atoms with Crippen molar-refractivity contribution in [3.8, 4) is 0 Å². The van der Waals surface area contributed by atoms with Gasteiger partial charge in [0.2, 0.25) is 10.0 Å². The Kier molecular flexibility index (Phi) is 3.86. The third-order valence-electron chi connectivity index (χ3n) is 4.74.